The maximum absolute atomic E-state index is 13.5. The van der Waals surface area contributed by atoms with E-state index in [0.29, 0.717) is 28.9 Å². The molecule has 0 radical (unpaired) electrons. The topological polar surface area (TPSA) is 110 Å². The number of carbonyl (C=O) groups is 2. The Kier molecular flexibility index (Phi) is 8.67. The van der Waals surface area contributed by atoms with Gasteiger partial charge in [-0.05, 0) is 55.3 Å². The summed E-state index contributed by atoms with van der Waals surface area (Å²) in [5.74, 6) is 1.22. The molecule has 2 heterocycles. The second kappa shape index (κ2) is 12.3. The van der Waals surface area contributed by atoms with Crippen LogP contribution in [0.3, 0.4) is 0 Å². The van der Waals surface area contributed by atoms with Gasteiger partial charge in [-0.3, -0.25) is 19.0 Å². The number of terminal acetylenes is 1. The van der Waals surface area contributed by atoms with Gasteiger partial charge in [-0.1, -0.05) is 12.0 Å². The Morgan fingerprint density at radius 2 is 2.08 bits per heavy atom. The van der Waals surface area contributed by atoms with Crippen LogP contribution in [-0.2, 0) is 22.6 Å². The van der Waals surface area contributed by atoms with Crippen LogP contribution in [0.5, 0.6) is 0 Å². The minimum absolute atomic E-state index is 0.0368. The normalized spacial score (nSPS) is 13.2. The molecule has 2 amide bonds. The van der Waals surface area contributed by atoms with E-state index in [1.165, 1.54) is 22.9 Å². The number of fused-ring (bicyclic) bond motifs is 1. The third-order valence-electron chi connectivity index (χ3n) is 6.46. The second-order valence-corrected chi connectivity index (χ2v) is 9.96. The molecule has 11 heteroatoms. The number of hydrogen-bond donors (Lipinski definition) is 2. The Hall–Kier alpha value is -4.87. The highest BCUT2D eigenvalue weighted by Gasteiger charge is 2.23. The second-order valence-electron chi connectivity index (χ2n) is 8.93. The molecule has 204 valence electrons. The quantitative estimate of drug-likeness (QED) is 0.404. The number of aromatic nitrogens is 1. The van der Waals surface area contributed by atoms with Crippen LogP contribution < -0.4 is 35.2 Å². The van der Waals surface area contributed by atoms with Gasteiger partial charge in [-0.2, -0.15) is 5.26 Å². The fourth-order valence-electron chi connectivity index (χ4n) is 4.38. The summed E-state index contributed by atoms with van der Waals surface area (Å²) in [7, 11) is 1.68. The summed E-state index contributed by atoms with van der Waals surface area (Å²) >= 11 is 1.02. The number of benzene rings is 2. The summed E-state index contributed by atoms with van der Waals surface area (Å²) in [6.45, 7) is 2.78. The minimum Gasteiger partial charge on any atom is -0.362 e. The van der Waals surface area contributed by atoms with Crippen LogP contribution in [0.2, 0.25) is 0 Å². The van der Waals surface area contributed by atoms with Gasteiger partial charge < -0.3 is 20.4 Å². The average molecular weight is 559 g/mol. The standard InChI is InChI=1S/C29H27FN6O3S/c1-4-12-32-27(38)23(16-31)29-36(5-2)28(39)25(40-29)17-33-21-7-6-8-22(15-21)34(3)26(37)18-35-13-11-19-14-20(30)9-10-24(19)35/h1,6-10,14-15,17,33H,5,11-13,18H2,2-3H3,(H,32,38). The SMILES string of the molecule is C#CCNC(=O)C(C#N)=c1sc(=CNc2cccc(N(C)C(=O)CN3CCc4cc(F)ccc43)c2)c(=O)n1CC. The zero-order valence-corrected chi connectivity index (χ0v) is 22.8. The van der Waals surface area contributed by atoms with E-state index in [-0.39, 0.29) is 47.2 Å². The molecular formula is C29H27FN6O3S. The first-order valence-corrected chi connectivity index (χ1v) is 13.3. The van der Waals surface area contributed by atoms with Crippen LogP contribution in [0, 0.1) is 29.5 Å². The van der Waals surface area contributed by atoms with E-state index in [0.717, 1.165) is 22.6 Å². The maximum Gasteiger partial charge on any atom is 0.270 e. The Morgan fingerprint density at radius 3 is 2.80 bits per heavy atom. The number of rotatable bonds is 8. The number of likely N-dealkylation sites (N-methyl/N-ethyl adjacent to an activating group) is 1. The summed E-state index contributed by atoms with van der Waals surface area (Å²) in [6, 6.07) is 13.6. The highest BCUT2D eigenvalue weighted by molar-refractivity contribution is 7.07. The van der Waals surface area contributed by atoms with Crippen LogP contribution in [0.15, 0.2) is 47.3 Å². The molecule has 2 N–H and O–H groups in total. The monoisotopic (exact) mass is 558 g/mol. The summed E-state index contributed by atoms with van der Waals surface area (Å²) in [4.78, 5) is 41.9. The number of anilines is 3. The number of thiazole rings is 1. The first-order chi connectivity index (χ1) is 19.3. The van der Waals surface area contributed by atoms with Crippen LogP contribution in [0.1, 0.15) is 12.5 Å². The van der Waals surface area contributed by atoms with Gasteiger partial charge in [0.15, 0.2) is 5.57 Å². The molecule has 0 fully saturated rings. The van der Waals surface area contributed by atoms with Crippen molar-refractivity contribution in [2.24, 2.45) is 0 Å². The van der Waals surface area contributed by atoms with Crippen LogP contribution in [0.25, 0.3) is 11.8 Å². The Morgan fingerprint density at radius 1 is 1.27 bits per heavy atom. The van der Waals surface area contributed by atoms with Crippen LogP contribution in [0.4, 0.5) is 21.5 Å². The molecule has 4 rings (SSSR count). The van der Waals surface area contributed by atoms with E-state index in [4.69, 9.17) is 6.42 Å². The van der Waals surface area contributed by atoms with Gasteiger partial charge in [0.1, 0.15) is 21.1 Å². The van der Waals surface area contributed by atoms with Crippen molar-refractivity contribution in [3.05, 3.63) is 73.4 Å². The molecule has 0 saturated heterocycles. The lowest BCUT2D eigenvalue weighted by Crippen LogP contribution is -2.37. The van der Waals surface area contributed by atoms with Crippen molar-refractivity contribution < 1.29 is 14.0 Å². The molecule has 3 aromatic rings. The fourth-order valence-corrected chi connectivity index (χ4v) is 5.46. The van der Waals surface area contributed by atoms with Gasteiger partial charge in [-0.15, -0.1) is 17.8 Å². The van der Waals surface area contributed by atoms with E-state index >= 15 is 0 Å². The predicted molar refractivity (Wildman–Crippen MR) is 155 cm³/mol. The lowest BCUT2D eigenvalue weighted by atomic mass is 10.2. The van der Waals surface area contributed by atoms with Gasteiger partial charge in [0.05, 0.1) is 13.1 Å². The molecule has 1 aromatic heterocycles. The van der Waals surface area contributed by atoms with Gasteiger partial charge >= 0.3 is 0 Å². The molecule has 0 bridgehead atoms. The largest absolute Gasteiger partial charge is 0.362 e. The summed E-state index contributed by atoms with van der Waals surface area (Å²) < 4.78 is 15.4. The number of amides is 2. The Bertz CT molecular complexity index is 1730. The summed E-state index contributed by atoms with van der Waals surface area (Å²) in [6.07, 6.45) is 7.38. The van der Waals surface area contributed by atoms with E-state index < -0.39 is 5.91 Å². The molecule has 1 aliphatic heterocycles. The molecule has 0 aliphatic carbocycles. The van der Waals surface area contributed by atoms with Crippen molar-refractivity contribution in [3.63, 3.8) is 0 Å². The third-order valence-corrected chi connectivity index (χ3v) is 7.59. The van der Waals surface area contributed by atoms with Gasteiger partial charge in [0.2, 0.25) is 5.91 Å². The first-order valence-electron chi connectivity index (χ1n) is 12.5. The van der Waals surface area contributed by atoms with Gasteiger partial charge in [0, 0.05) is 43.4 Å². The Labute approximate surface area is 234 Å². The van der Waals surface area contributed by atoms with Gasteiger partial charge in [-0.25, -0.2) is 4.39 Å². The average Bonchev–Trinajstić information content (AvgIpc) is 3.49. The molecule has 2 aromatic carbocycles. The van der Waals surface area contributed by atoms with Crippen molar-refractivity contribution in [1.29, 1.82) is 5.26 Å². The van der Waals surface area contributed by atoms with E-state index in [9.17, 15) is 24.0 Å². The number of nitrogens with zero attached hydrogens (tertiary/aromatic N) is 4. The van der Waals surface area contributed by atoms with Crippen molar-refractivity contribution in [2.75, 3.05) is 41.8 Å². The molecule has 9 nitrogen and oxygen atoms in total. The minimum atomic E-state index is -0.645. The van der Waals surface area contributed by atoms with E-state index in [1.54, 1.807) is 49.2 Å². The summed E-state index contributed by atoms with van der Waals surface area (Å²) in [5, 5.41) is 15.1. The van der Waals surface area contributed by atoms with Crippen molar-refractivity contribution in [3.8, 4) is 18.4 Å². The number of halogens is 1. The van der Waals surface area contributed by atoms with Crippen molar-refractivity contribution >= 4 is 52.0 Å². The fraction of sp³-hybridized carbons (Fsp3) is 0.241. The number of carbonyl (C=O) groups excluding carboxylic acids is 2. The molecule has 1 aliphatic rings. The number of nitrogens with one attached hydrogen (secondary N) is 2. The van der Waals surface area contributed by atoms with Crippen molar-refractivity contribution in [2.45, 2.75) is 19.9 Å². The molecule has 0 saturated carbocycles. The lowest BCUT2D eigenvalue weighted by Gasteiger charge is -2.24. The smallest absolute Gasteiger partial charge is 0.270 e. The molecule has 40 heavy (non-hydrogen) atoms. The zero-order valence-electron chi connectivity index (χ0n) is 22.0. The lowest BCUT2D eigenvalue weighted by molar-refractivity contribution is -0.117. The number of hydrogen-bond acceptors (Lipinski definition) is 7. The van der Waals surface area contributed by atoms with Gasteiger partial charge in [0.25, 0.3) is 11.5 Å². The highest BCUT2D eigenvalue weighted by Crippen LogP contribution is 2.28. The van der Waals surface area contributed by atoms with E-state index in [1.807, 2.05) is 11.0 Å². The molecule has 0 unspecified atom stereocenters. The molecule has 0 atom stereocenters. The zero-order chi connectivity index (χ0) is 28.8. The Balaban J connectivity index is 1.54. The highest BCUT2D eigenvalue weighted by atomic mass is 32.1. The predicted octanol–water partition coefficient (Wildman–Crippen LogP) is 1.37. The first kappa shape index (κ1) is 28.1. The number of nitriles is 1. The maximum atomic E-state index is 13.5. The molecule has 0 spiro atoms. The molecular weight excluding hydrogens is 531 g/mol. The summed E-state index contributed by atoms with van der Waals surface area (Å²) in [5.41, 5.74) is 2.50. The van der Waals surface area contributed by atoms with Crippen LogP contribution >= 0.6 is 11.3 Å². The third kappa shape index (κ3) is 5.90. The van der Waals surface area contributed by atoms with Crippen LogP contribution in [-0.4, -0.2) is 43.1 Å². The van der Waals surface area contributed by atoms with E-state index in [2.05, 4.69) is 16.6 Å². The van der Waals surface area contributed by atoms with Crippen molar-refractivity contribution in [1.82, 2.24) is 9.88 Å².